The summed E-state index contributed by atoms with van der Waals surface area (Å²) in [5.41, 5.74) is 2.94. The number of hydrogen-bond donors (Lipinski definition) is 0. The van der Waals surface area contributed by atoms with Crippen LogP contribution < -0.4 is 0 Å². The van der Waals surface area contributed by atoms with Gasteiger partial charge in [-0.25, -0.2) is 4.98 Å². The fraction of sp³-hybridized carbons (Fsp3) is 0.300. The van der Waals surface area contributed by atoms with Gasteiger partial charge in [0.05, 0.1) is 17.6 Å². The summed E-state index contributed by atoms with van der Waals surface area (Å²) in [7, 11) is 2.07. The summed E-state index contributed by atoms with van der Waals surface area (Å²) >= 11 is 3.41. The molecule has 0 radical (unpaired) electrons. The monoisotopic (exact) mass is 412 g/mol. The van der Waals surface area contributed by atoms with Gasteiger partial charge in [-0.2, -0.15) is 0 Å². The molecule has 1 aliphatic heterocycles. The summed E-state index contributed by atoms with van der Waals surface area (Å²) in [5, 5.41) is 0. The molecular formula is C20H21BrN4O. The Morgan fingerprint density at radius 3 is 2.42 bits per heavy atom. The van der Waals surface area contributed by atoms with Crippen molar-refractivity contribution in [3.05, 3.63) is 64.4 Å². The molecule has 0 aliphatic carbocycles. The maximum atomic E-state index is 12.6. The predicted molar refractivity (Wildman–Crippen MR) is 106 cm³/mol. The van der Waals surface area contributed by atoms with Gasteiger partial charge in [-0.3, -0.25) is 9.69 Å². The van der Waals surface area contributed by atoms with E-state index in [1.165, 1.54) is 0 Å². The lowest BCUT2D eigenvalue weighted by Crippen LogP contribution is -2.48. The molecule has 0 atom stereocenters. The van der Waals surface area contributed by atoms with Crippen LogP contribution in [0.5, 0.6) is 0 Å². The molecule has 0 saturated carbocycles. The minimum absolute atomic E-state index is 0.111. The van der Waals surface area contributed by atoms with Crippen LogP contribution in [0.1, 0.15) is 16.2 Å². The second kappa shape index (κ2) is 7.21. The van der Waals surface area contributed by atoms with E-state index < -0.39 is 0 Å². The zero-order chi connectivity index (χ0) is 18.1. The number of hydrogen-bond acceptors (Lipinski definition) is 3. The van der Waals surface area contributed by atoms with E-state index in [1.807, 2.05) is 47.4 Å². The van der Waals surface area contributed by atoms with Gasteiger partial charge >= 0.3 is 0 Å². The minimum Gasteiger partial charge on any atom is -0.336 e. The highest BCUT2D eigenvalue weighted by molar-refractivity contribution is 9.10. The lowest BCUT2D eigenvalue weighted by Gasteiger charge is -2.34. The quantitative estimate of drug-likeness (QED) is 0.662. The van der Waals surface area contributed by atoms with E-state index in [4.69, 9.17) is 4.98 Å². The number of benzene rings is 2. The van der Waals surface area contributed by atoms with Crippen LogP contribution in [0.4, 0.5) is 0 Å². The molecule has 1 fully saturated rings. The van der Waals surface area contributed by atoms with Crippen molar-refractivity contribution in [3.63, 3.8) is 0 Å². The Morgan fingerprint density at radius 1 is 1.04 bits per heavy atom. The lowest BCUT2D eigenvalue weighted by molar-refractivity contribution is 0.0624. The van der Waals surface area contributed by atoms with Crippen LogP contribution >= 0.6 is 15.9 Å². The van der Waals surface area contributed by atoms with E-state index in [9.17, 15) is 4.79 Å². The Labute approximate surface area is 161 Å². The number of piperazine rings is 1. The van der Waals surface area contributed by atoms with Gasteiger partial charge in [-0.15, -0.1) is 0 Å². The van der Waals surface area contributed by atoms with Crippen molar-refractivity contribution in [1.29, 1.82) is 0 Å². The van der Waals surface area contributed by atoms with Gasteiger partial charge in [-0.1, -0.05) is 28.1 Å². The summed E-state index contributed by atoms with van der Waals surface area (Å²) in [4.78, 5) is 21.7. The fourth-order valence-electron chi connectivity index (χ4n) is 3.42. The molecule has 26 heavy (non-hydrogen) atoms. The normalized spacial score (nSPS) is 15.5. The molecule has 0 unspecified atom stereocenters. The predicted octanol–water partition coefficient (Wildman–Crippen LogP) is 3.29. The van der Waals surface area contributed by atoms with Crippen LogP contribution in [0.3, 0.4) is 0 Å². The third-order valence-electron chi connectivity index (χ3n) is 5.00. The molecule has 1 amide bonds. The number of fused-ring (bicyclic) bond motifs is 1. The molecule has 4 rings (SSSR count). The first-order valence-electron chi connectivity index (χ1n) is 8.79. The van der Waals surface area contributed by atoms with Crippen LogP contribution in [0.25, 0.3) is 11.0 Å². The maximum Gasteiger partial charge on any atom is 0.253 e. The molecular weight excluding hydrogens is 392 g/mol. The highest BCUT2D eigenvalue weighted by Crippen LogP contribution is 2.17. The van der Waals surface area contributed by atoms with Crippen LogP contribution in [0.15, 0.2) is 53.0 Å². The smallest absolute Gasteiger partial charge is 0.253 e. The van der Waals surface area contributed by atoms with Crippen molar-refractivity contribution in [2.24, 2.45) is 7.05 Å². The molecule has 134 valence electrons. The largest absolute Gasteiger partial charge is 0.336 e. The van der Waals surface area contributed by atoms with E-state index in [1.54, 1.807) is 0 Å². The van der Waals surface area contributed by atoms with Gasteiger partial charge in [0.25, 0.3) is 5.91 Å². The number of carbonyl (C=O) groups is 1. The van der Waals surface area contributed by atoms with E-state index in [2.05, 4.69) is 38.5 Å². The SMILES string of the molecule is Cn1c(CN2CCN(C(=O)c3ccc(Br)cc3)CC2)nc2ccccc21. The zero-order valence-electron chi connectivity index (χ0n) is 14.7. The molecule has 3 aromatic rings. The molecule has 6 heteroatoms. The average Bonchev–Trinajstić information content (AvgIpc) is 2.98. The van der Waals surface area contributed by atoms with Crippen LogP contribution in [0.2, 0.25) is 0 Å². The summed E-state index contributed by atoms with van der Waals surface area (Å²) in [6.07, 6.45) is 0. The van der Waals surface area contributed by atoms with Crippen LogP contribution in [-0.2, 0) is 13.6 Å². The third-order valence-corrected chi connectivity index (χ3v) is 5.52. The topological polar surface area (TPSA) is 41.4 Å². The fourth-order valence-corrected chi connectivity index (χ4v) is 3.69. The Hall–Kier alpha value is -2.18. The standard InChI is InChI=1S/C20H21BrN4O/c1-23-18-5-3-2-4-17(18)22-19(23)14-24-10-12-25(13-11-24)20(26)15-6-8-16(21)9-7-15/h2-9H,10-14H2,1H3. The first kappa shape index (κ1) is 17.2. The Balaban J connectivity index is 1.39. The summed E-state index contributed by atoms with van der Waals surface area (Å²) in [6, 6.07) is 15.8. The number of rotatable bonds is 3. The number of para-hydroxylation sites is 2. The molecule has 0 spiro atoms. The second-order valence-electron chi connectivity index (χ2n) is 6.65. The number of imidazole rings is 1. The van der Waals surface area contributed by atoms with E-state index in [-0.39, 0.29) is 5.91 Å². The van der Waals surface area contributed by atoms with Crippen molar-refractivity contribution in [3.8, 4) is 0 Å². The maximum absolute atomic E-state index is 12.6. The van der Waals surface area contributed by atoms with Crippen molar-refractivity contribution in [1.82, 2.24) is 19.4 Å². The van der Waals surface area contributed by atoms with Gasteiger partial charge in [0.2, 0.25) is 0 Å². The van der Waals surface area contributed by atoms with Crippen LogP contribution in [0, 0.1) is 0 Å². The number of nitrogens with zero attached hydrogens (tertiary/aromatic N) is 4. The van der Waals surface area contributed by atoms with Gasteiger partial charge in [0.15, 0.2) is 0 Å². The number of amides is 1. The van der Waals surface area contributed by atoms with Gasteiger partial charge in [0.1, 0.15) is 5.82 Å². The van der Waals surface area contributed by atoms with Crippen molar-refractivity contribution < 1.29 is 4.79 Å². The molecule has 2 aromatic carbocycles. The second-order valence-corrected chi connectivity index (χ2v) is 7.57. The molecule has 1 aromatic heterocycles. The van der Waals surface area contributed by atoms with Crippen LogP contribution in [-0.4, -0.2) is 51.4 Å². The minimum atomic E-state index is 0.111. The van der Waals surface area contributed by atoms with Crippen molar-refractivity contribution >= 4 is 32.9 Å². The molecule has 2 heterocycles. The molecule has 1 aliphatic rings. The first-order chi connectivity index (χ1) is 12.6. The molecule has 0 bridgehead atoms. The lowest BCUT2D eigenvalue weighted by atomic mass is 10.2. The zero-order valence-corrected chi connectivity index (χ0v) is 16.3. The molecule has 5 nitrogen and oxygen atoms in total. The summed E-state index contributed by atoms with van der Waals surface area (Å²) in [5.74, 6) is 1.18. The Morgan fingerprint density at radius 2 is 1.73 bits per heavy atom. The Bertz CT molecular complexity index is 927. The number of aromatic nitrogens is 2. The Kier molecular flexibility index (Phi) is 4.78. The van der Waals surface area contributed by atoms with Gasteiger partial charge in [0, 0.05) is 43.3 Å². The van der Waals surface area contributed by atoms with E-state index in [0.717, 1.165) is 59.6 Å². The molecule has 1 saturated heterocycles. The van der Waals surface area contributed by atoms with Gasteiger partial charge < -0.3 is 9.47 Å². The van der Waals surface area contributed by atoms with Gasteiger partial charge in [-0.05, 0) is 36.4 Å². The number of carbonyl (C=O) groups excluding carboxylic acids is 1. The number of halogens is 1. The van der Waals surface area contributed by atoms with Crippen molar-refractivity contribution in [2.75, 3.05) is 26.2 Å². The first-order valence-corrected chi connectivity index (χ1v) is 9.58. The third kappa shape index (κ3) is 3.39. The highest BCUT2D eigenvalue weighted by atomic mass is 79.9. The number of aryl methyl sites for hydroxylation is 1. The molecule has 0 N–H and O–H groups in total. The summed E-state index contributed by atoms with van der Waals surface area (Å²) in [6.45, 7) is 4.04. The average molecular weight is 413 g/mol. The highest BCUT2D eigenvalue weighted by Gasteiger charge is 2.23. The van der Waals surface area contributed by atoms with E-state index in [0.29, 0.717) is 0 Å². The van der Waals surface area contributed by atoms with E-state index >= 15 is 0 Å². The summed E-state index contributed by atoms with van der Waals surface area (Å²) < 4.78 is 3.15. The van der Waals surface area contributed by atoms with Crippen molar-refractivity contribution in [2.45, 2.75) is 6.54 Å².